The number of H-pyrrole nitrogens is 1. The number of hydrogen-bond donors (Lipinski definition) is 4. The molecule has 2 aliphatic heterocycles. The van der Waals surface area contributed by atoms with Crippen molar-refractivity contribution in [1.29, 1.82) is 0 Å². The summed E-state index contributed by atoms with van der Waals surface area (Å²) in [6.45, 7) is 0.306. The predicted octanol–water partition coefficient (Wildman–Crippen LogP) is 1.63. The molecule has 1 amide bonds. The highest BCUT2D eigenvalue weighted by Crippen LogP contribution is 2.45. The molecule has 2 saturated heterocycles. The molecule has 40 heavy (non-hydrogen) atoms. The molecule has 1 aromatic heterocycles. The summed E-state index contributed by atoms with van der Waals surface area (Å²) < 4.78 is 18.4. The number of hydrogen-bond acceptors (Lipinski definition) is 8. The van der Waals surface area contributed by atoms with Crippen molar-refractivity contribution in [2.45, 2.75) is 55.3 Å². The summed E-state index contributed by atoms with van der Waals surface area (Å²) in [7, 11) is 0. The van der Waals surface area contributed by atoms with Gasteiger partial charge in [0.2, 0.25) is 0 Å². The summed E-state index contributed by atoms with van der Waals surface area (Å²) in [6, 6.07) is 17.1. The van der Waals surface area contributed by atoms with Crippen LogP contribution in [0.4, 0.5) is 4.79 Å². The Balaban J connectivity index is 1.15. The van der Waals surface area contributed by atoms with E-state index < -0.39 is 47.5 Å². The first-order valence-corrected chi connectivity index (χ1v) is 13.5. The van der Waals surface area contributed by atoms with Crippen LogP contribution in [0.25, 0.3) is 11.1 Å². The number of benzene rings is 2. The molecule has 2 aromatic carbocycles. The molecule has 0 spiro atoms. The van der Waals surface area contributed by atoms with E-state index in [1.165, 1.54) is 6.20 Å². The van der Waals surface area contributed by atoms with Gasteiger partial charge in [-0.05, 0) is 41.5 Å². The predicted molar refractivity (Wildman–Crippen MR) is 143 cm³/mol. The number of carbonyl (C=O) groups excluding carboxylic acids is 1. The van der Waals surface area contributed by atoms with Crippen molar-refractivity contribution < 1.29 is 29.2 Å². The Morgan fingerprint density at radius 3 is 2.42 bits per heavy atom. The molecule has 3 aliphatic rings. The van der Waals surface area contributed by atoms with Gasteiger partial charge in [-0.1, -0.05) is 48.5 Å². The molecule has 11 heteroatoms. The van der Waals surface area contributed by atoms with Crippen LogP contribution in [0.5, 0.6) is 0 Å². The molecule has 4 N–H and O–H groups in total. The number of fused-ring (bicyclic) bond motifs is 3. The maximum atomic E-state index is 12.7. The monoisotopic (exact) mass is 549 g/mol. The molecular weight excluding hydrogens is 518 g/mol. The van der Waals surface area contributed by atoms with Gasteiger partial charge in [0.1, 0.15) is 18.8 Å². The second-order valence-electron chi connectivity index (χ2n) is 10.4. The quantitative estimate of drug-likeness (QED) is 0.362. The van der Waals surface area contributed by atoms with Gasteiger partial charge in [0.25, 0.3) is 5.56 Å². The lowest BCUT2D eigenvalue weighted by Gasteiger charge is -2.40. The number of aromatic nitrogens is 2. The topological polar surface area (TPSA) is 152 Å². The second kappa shape index (κ2) is 10.7. The van der Waals surface area contributed by atoms with E-state index in [0.29, 0.717) is 13.0 Å². The van der Waals surface area contributed by atoms with E-state index in [-0.39, 0.29) is 19.1 Å². The Hall–Kier alpha value is -3.77. The zero-order valence-corrected chi connectivity index (χ0v) is 21.7. The van der Waals surface area contributed by atoms with E-state index in [0.717, 1.165) is 45.7 Å². The molecule has 2 fully saturated rings. The lowest BCUT2D eigenvalue weighted by atomic mass is 9.84. The number of nitrogens with zero attached hydrogens (tertiary/aromatic N) is 1. The lowest BCUT2D eigenvalue weighted by molar-refractivity contribution is -0.198. The molecule has 0 radical (unpaired) electrons. The Bertz CT molecular complexity index is 1470. The molecular formula is C29H31N3O8. The van der Waals surface area contributed by atoms with E-state index in [4.69, 9.17) is 14.2 Å². The van der Waals surface area contributed by atoms with Gasteiger partial charge in [-0.15, -0.1) is 0 Å². The first kappa shape index (κ1) is 26.5. The molecule has 0 saturated carbocycles. The standard InChI is InChI=1S/C29H31N3O8/c33-24-12-13-32(27(35)31-24)26-29(37,23-11-5-6-14-38-23)25(34)22(40-26)15-30-28(36)39-16-21-19-9-3-1-7-17(19)18-8-2-4-10-20(18)21/h1-4,7-10,12-13,21-23,25-26,34,37H,5-6,11,14-16H2,(H,30,36)(H,31,33,35)/t22-,23?,25-,26-,29-/m1/s1. The molecule has 3 heterocycles. The molecule has 0 bridgehead atoms. The third-order valence-electron chi connectivity index (χ3n) is 8.12. The number of alkyl carbamates (subject to hydrolysis) is 1. The summed E-state index contributed by atoms with van der Waals surface area (Å²) in [5.41, 5.74) is 0.978. The van der Waals surface area contributed by atoms with Crippen LogP contribution in [0.1, 0.15) is 42.5 Å². The maximum Gasteiger partial charge on any atom is 0.407 e. The zero-order chi connectivity index (χ0) is 27.9. The fourth-order valence-electron chi connectivity index (χ4n) is 6.14. The van der Waals surface area contributed by atoms with Gasteiger partial charge in [0.05, 0.1) is 6.10 Å². The fraction of sp³-hybridized carbons (Fsp3) is 0.414. The van der Waals surface area contributed by atoms with E-state index in [9.17, 15) is 24.6 Å². The highest BCUT2D eigenvalue weighted by Gasteiger charge is 2.61. The van der Waals surface area contributed by atoms with Crippen molar-refractivity contribution in [2.75, 3.05) is 19.8 Å². The Morgan fingerprint density at radius 2 is 1.77 bits per heavy atom. The summed E-state index contributed by atoms with van der Waals surface area (Å²) in [6.07, 6.45) is -2.27. The molecule has 6 rings (SSSR count). The van der Waals surface area contributed by atoms with Gasteiger partial charge in [-0.25, -0.2) is 9.59 Å². The number of nitrogens with one attached hydrogen (secondary N) is 2. The van der Waals surface area contributed by atoms with Gasteiger partial charge in [-0.2, -0.15) is 0 Å². The smallest absolute Gasteiger partial charge is 0.407 e. The van der Waals surface area contributed by atoms with Crippen molar-refractivity contribution in [3.05, 3.63) is 92.8 Å². The van der Waals surface area contributed by atoms with Gasteiger partial charge >= 0.3 is 11.8 Å². The van der Waals surface area contributed by atoms with Crippen molar-refractivity contribution in [2.24, 2.45) is 0 Å². The number of aliphatic hydroxyl groups is 2. The Morgan fingerprint density at radius 1 is 1.07 bits per heavy atom. The maximum absolute atomic E-state index is 12.7. The number of aliphatic hydroxyl groups excluding tert-OH is 1. The van der Waals surface area contributed by atoms with Gasteiger partial charge in [0.15, 0.2) is 11.8 Å². The van der Waals surface area contributed by atoms with E-state index in [2.05, 4.69) is 10.3 Å². The molecule has 11 nitrogen and oxygen atoms in total. The fourth-order valence-corrected chi connectivity index (χ4v) is 6.14. The summed E-state index contributed by atoms with van der Waals surface area (Å²) >= 11 is 0. The third-order valence-corrected chi connectivity index (χ3v) is 8.12. The number of carbonyl (C=O) groups is 1. The average molecular weight is 550 g/mol. The molecule has 5 atom stereocenters. The highest BCUT2D eigenvalue weighted by atomic mass is 16.6. The lowest BCUT2D eigenvalue weighted by Crippen LogP contribution is -2.58. The SMILES string of the molecule is O=C(NC[C@H]1O[C@@H](n2ccc(=O)[nH]c2=O)[C@@](O)(C2CCCCO2)[C@@H]1O)OCC1c2ccccc2-c2ccccc21. The minimum atomic E-state index is -2.00. The third kappa shape index (κ3) is 4.54. The first-order valence-electron chi connectivity index (χ1n) is 13.5. The second-order valence-corrected chi connectivity index (χ2v) is 10.4. The summed E-state index contributed by atoms with van der Waals surface area (Å²) in [4.78, 5) is 39.1. The number of ether oxygens (including phenoxy) is 3. The zero-order valence-electron chi connectivity index (χ0n) is 21.7. The van der Waals surface area contributed by atoms with Crippen molar-refractivity contribution >= 4 is 6.09 Å². The van der Waals surface area contributed by atoms with E-state index in [1.807, 2.05) is 48.5 Å². The van der Waals surface area contributed by atoms with Crippen LogP contribution < -0.4 is 16.6 Å². The number of rotatable bonds is 6. The largest absolute Gasteiger partial charge is 0.449 e. The molecule has 1 unspecified atom stereocenters. The minimum Gasteiger partial charge on any atom is -0.449 e. The highest BCUT2D eigenvalue weighted by molar-refractivity contribution is 5.79. The normalized spacial score (nSPS) is 27.6. The van der Waals surface area contributed by atoms with Gasteiger partial charge in [-0.3, -0.25) is 14.3 Å². The van der Waals surface area contributed by atoms with Crippen molar-refractivity contribution in [3.8, 4) is 11.1 Å². The van der Waals surface area contributed by atoms with Crippen molar-refractivity contribution in [3.63, 3.8) is 0 Å². The van der Waals surface area contributed by atoms with Crippen LogP contribution in [-0.4, -0.2) is 69.5 Å². The number of aromatic amines is 1. The number of amides is 1. The van der Waals surface area contributed by atoms with Gasteiger partial charge in [0, 0.05) is 31.3 Å². The average Bonchev–Trinajstić information content (AvgIpc) is 3.43. The first-order chi connectivity index (χ1) is 19.4. The Labute approximate surface area is 229 Å². The molecule has 210 valence electrons. The Kier molecular flexibility index (Phi) is 7.05. The van der Waals surface area contributed by atoms with Crippen LogP contribution in [0, 0.1) is 0 Å². The van der Waals surface area contributed by atoms with Crippen LogP contribution >= 0.6 is 0 Å². The van der Waals surface area contributed by atoms with Gasteiger partial charge < -0.3 is 29.7 Å². The molecule has 1 aliphatic carbocycles. The minimum absolute atomic E-state index is 0.114. The van der Waals surface area contributed by atoms with E-state index in [1.54, 1.807) is 0 Å². The van der Waals surface area contributed by atoms with Crippen molar-refractivity contribution in [1.82, 2.24) is 14.9 Å². The van der Waals surface area contributed by atoms with Crippen LogP contribution in [0.2, 0.25) is 0 Å². The van der Waals surface area contributed by atoms with Crippen LogP contribution in [0.15, 0.2) is 70.4 Å². The van der Waals surface area contributed by atoms with Crippen LogP contribution in [0.3, 0.4) is 0 Å². The summed E-state index contributed by atoms with van der Waals surface area (Å²) in [5.74, 6) is -0.114. The summed E-state index contributed by atoms with van der Waals surface area (Å²) in [5, 5.41) is 25.6. The van der Waals surface area contributed by atoms with E-state index >= 15 is 0 Å². The van der Waals surface area contributed by atoms with Crippen LogP contribution in [-0.2, 0) is 14.2 Å². The molecule has 3 aromatic rings.